The SMILES string of the molecule is CN(CCC(=O)O)C(=O)c1ccc2c(c1)CCC(=O)N2. The molecule has 1 aliphatic heterocycles. The molecule has 1 heterocycles. The van der Waals surface area contributed by atoms with Gasteiger partial charge in [-0.1, -0.05) is 0 Å². The Kier molecular flexibility index (Phi) is 4.02. The highest BCUT2D eigenvalue weighted by Crippen LogP contribution is 2.24. The number of carboxylic acid groups (broad SMARTS) is 1. The Morgan fingerprint density at radius 1 is 1.35 bits per heavy atom. The minimum atomic E-state index is -0.933. The van der Waals surface area contributed by atoms with Crippen molar-refractivity contribution in [3.8, 4) is 0 Å². The third-order valence-electron chi connectivity index (χ3n) is 3.26. The van der Waals surface area contributed by atoms with Crippen LogP contribution in [-0.4, -0.2) is 41.4 Å². The molecule has 2 rings (SSSR count). The Bertz CT molecular complexity index is 568. The molecule has 0 saturated heterocycles. The molecule has 0 atom stereocenters. The lowest BCUT2D eigenvalue weighted by Crippen LogP contribution is -2.29. The summed E-state index contributed by atoms with van der Waals surface area (Å²) in [6.45, 7) is 0.169. The largest absolute Gasteiger partial charge is 0.481 e. The average Bonchev–Trinajstić information content (AvgIpc) is 2.43. The molecule has 2 N–H and O–H groups in total. The molecule has 0 bridgehead atoms. The molecule has 0 aromatic heterocycles. The maximum atomic E-state index is 12.2. The lowest BCUT2D eigenvalue weighted by Gasteiger charge is -2.20. The van der Waals surface area contributed by atoms with Crippen LogP contribution in [0.25, 0.3) is 0 Å². The first-order valence-electron chi connectivity index (χ1n) is 6.37. The number of nitrogens with zero attached hydrogens (tertiary/aromatic N) is 1. The molecule has 2 amide bonds. The van der Waals surface area contributed by atoms with E-state index >= 15 is 0 Å². The molecule has 0 unspecified atom stereocenters. The van der Waals surface area contributed by atoms with Gasteiger partial charge in [-0.2, -0.15) is 0 Å². The summed E-state index contributed by atoms with van der Waals surface area (Å²) in [6.07, 6.45) is 0.948. The maximum absolute atomic E-state index is 12.2. The van der Waals surface area contributed by atoms with Crippen LogP contribution in [0.5, 0.6) is 0 Å². The van der Waals surface area contributed by atoms with Crippen LogP contribution in [0.15, 0.2) is 18.2 Å². The average molecular weight is 276 g/mol. The summed E-state index contributed by atoms with van der Waals surface area (Å²) in [5.74, 6) is -1.17. The lowest BCUT2D eigenvalue weighted by atomic mass is 10.00. The first-order valence-corrected chi connectivity index (χ1v) is 6.37. The van der Waals surface area contributed by atoms with Gasteiger partial charge in [-0.25, -0.2) is 0 Å². The van der Waals surface area contributed by atoms with Crippen LogP contribution in [0.3, 0.4) is 0 Å². The van der Waals surface area contributed by atoms with Gasteiger partial charge in [0.1, 0.15) is 0 Å². The third-order valence-corrected chi connectivity index (χ3v) is 3.26. The van der Waals surface area contributed by atoms with Gasteiger partial charge in [-0.3, -0.25) is 14.4 Å². The number of amides is 2. The Labute approximate surface area is 116 Å². The van der Waals surface area contributed by atoms with Gasteiger partial charge in [0.05, 0.1) is 6.42 Å². The van der Waals surface area contributed by atoms with Gasteiger partial charge in [-0.05, 0) is 30.2 Å². The number of carbonyl (C=O) groups excluding carboxylic acids is 2. The molecule has 1 aromatic carbocycles. The molecule has 106 valence electrons. The monoisotopic (exact) mass is 276 g/mol. The van der Waals surface area contributed by atoms with Crippen molar-refractivity contribution in [1.29, 1.82) is 0 Å². The number of nitrogens with one attached hydrogen (secondary N) is 1. The zero-order valence-corrected chi connectivity index (χ0v) is 11.2. The predicted octanol–water partition coefficient (Wildman–Crippen LogP) is 1.12. The highest BCUT2D eigenvalue weighted by molar-refractivity contribution is 5.97. The third kappa shape index (κ3) is 3.14. The van der Waals surface area contributed by atoms with E-state index in [9.17, 15) is 14.4 Å². The molecule has 0 saturated carbocycles. The smallest absolute Gasteiger partial charge is 0.305 e. The minimum absolute atomic E-state index is 0.0184. The minimum Gasteiger partial charge on any atom is -0.481 e. The van der Waals surface area contributed by atoms with E-state index in [1.54, 1.807) is 25.2 Å². The zero-order valence-electron chi connectivity index (χ0n) is 11.2. The van der Waals surface area contributed by atoms with E-state index in [0.29, 0.717) is 18.4 Å². The second-order valence-corrected chi connectivity index (χ2v) is 4.79. The van der Waals surface area contributed by atoms with E-state index in [0.717, 1.165) is 11.3 Å². The van der Waals surface area contributed by atoms with Gasteiger partial charge < -0.3 is 15.3 Å². The molecule has 6 heteroatoms. The van der Waals surface area contributed by atoms with Crippen molar-refractivity contribution in [2.45, 2.75) is 19.3 Å². The highest BCUT2D eigenvalue weighted by atomic mass is 16.4. The van der Waals surface area contributed by atoms with E-state index < -0.39 is 5.97 Å². The molecular formula is C14H16N2O4. The van der Waals surface area contributed by atoms with Crippen molar-refractivity contribution < 1.29 is 19.5 Å². The van der Waals surface area contributed by atoms with Crippen molar-refractivity contribution >= 4 is 23.5 Å². The van der Waals surface area contributed by atoms with Crippen LogP contribution in [0.2, 0.25) is 0 Å². The van der Waals surface area contributed by atoms with Crippen LogP contribution >= 0.6 is 0 Å². The van der Waals surface area contributed by atoms with Gasteiger partial charge in [-0.15, -0.1) is 0 Å². The lowest BCUT2D eigenvalue weighted by molar-refractivity contribution is -0.137. The van der Waals surface area contributed by atoms with Gasteiger partial charge in [0.15, 0.2) is 0 Å². The summed E-state index contributed by atoms with van der Waals surface area (Å²) in [7, 11) is 1.58. The van der Waals surface area contributed by atoms with E-state index in [1.807, 2.05) is 0 Å². The molecule has 1 aromatic rings. The number of aliphatic carboxylic acids is 1. The standard InChI is InChI=1S/C14H16N2O4/c1-16(7-6-13(18)19)14(20)10-2-4-11-9(8-10)3-5-12(17)15-11/h2,4,8H,3,5-7H2,1H3,(H,15,17)(H,18,19). The summed E-state index contributed by atoms with van der Waals surface area (Å²) in [6, 6.07) is 5.11. The van der Waals surface area contributed by atoms with E-state index in [-0.39, 0.29) is 24.8 Å². The Hall–Kier alpha value is -2.37. The fraction of sp³-hybridized carbons (Fsp3) is 0.357. The number of hydrogen-bond acceptors (Lipinski definition) is 3. The van der Waals surface area contributed by atoms with Crippen LogP contribution in [-0.2, 0) is 16.0 Å². The molecule has 20 heavy (non-hydrogen) atoms. The van der Waals surface area contributed by atoms with Crippen molar-refractivity contribution in [1.82, 2.24) is 4.90 Å². The fourth-order valence-electron chi connectivity index (χ4n) is 2.10. The van der Waals surface area contributed by atoms with Gasteiger partial charge in [0, 0.05) is 31.3 Å². The molecular weight excluding hydrogens is 260 g/mol. The van der Waals surface area contributed by atoms with Crippen LogP contribution in [0, 0.1) is 0 Å². The first kappa shape index (κ1) is 14.0. The van der Waals surface area contributed by atoms with E-state index in [2.05, 4.69) is 5.32 Å². The molecule has 0 aliphatic carbocycles. The Morgan fingerprint density at radius 2 is 2.10 bits per heavy atom. The first-order chi connectivity index (χ1) is 9.47. The second kappa shape index (κ2) is 5.73. The Balaban J connectivity index is 2.11. The number of carbonyl (C=O) groups is 3. The molecule has 0 radical (unpaired) electrons. The summed E-state index contributed by atoms with van der Waals surface area (Å²) in [5.41, 5.74) is 2.18. The predicted molar refractivity (Wildman–Crippen MR) is 72.6 cm³/mol. The number of benzene rings is 1. The van der Waals surface area contributed by atoms with Gasteiger partial charge in [0.25, 0.3) is 5.91 Å². The summed E-state index contributed by atoms with van der Waals surface area (Å²) in [4.78, 5) is 35.3. The molecule has 0 fully saturated rings. The number of hydrogen-bond donors (Lipinski definition) is 2. The number of aryl methyl sites for hydroxylation is 1. The number of rotatable bonds is 4. The quantitative estimate of drug-likeness (QED) is 0.862. The zero-order chi connectivity index (χ0) is 14.7. The van der Waals surface area contributed by atoms with Crippen molar-refractivity contribution in [2.75, 3.05) is 18.9 Å². The summed E-state index contributed by atoms with van der Waals surface area (Å²) in [5, 5.41) is 11.4. The summed E-state index contributed by atoms with van der Waals surface area (Å²) < 4.78 is 0. The summed E-state index contributed by atoms with van der Waals surface area (Å²) >= 11 is 0. The normalized spacial score (nSPS) is 13.3. The van der Waals surface area contributed by atoms with Crippen LogP contribution in [0.4, 0.5) is 5.69 Å². The Morgan fingerprint density at radius 3 is 2.80 bits per heavy atom. The molecule has 1 aliphatic rings. The topological polar surface area (TPSA) is 86.7 Å². The molecule has 0 spiro atoms. The van der Waals surface area contributed by atoms with Crippen LogP contribution in [0.1, 0.15) is 28.8 Å². The van der Waals surface area contributed by atoms with E-state index in [1.165, 1.54) is 4.90 Å². The van der Waals surface area contributed by atoms with Crippen molar-refractivity contribution in [3.63, 3.8) is 0 Å². The maximum Gasteiger partial charge on any atom is 0.305 e. The fourth-order valence-corrected chi connectivity index (χ4v) is 2.10. The van der Waals surface area contributed by atoms with Crippen LogP contribution < -0.4 is 5.32 Å². The highest BCUT2D eigenvalue weighted by Gasteiger charge is 2.18. The number of carboxylic acids is 1. The number of fused-ring (bicyclic) bond motifs is 1. The van der Waals surface area contributed by atoms with Crippen molar-refractivity contribution in [3.05, 3.63) is 29.3 Å². The van der Waals surface area contributed by atoms with Gasteiger partial charge >= 0.3 is 5.97 Å². The van der Waals surface area contributed by atoms with E-state index in [4.69, 9.17) is 5.11 Å². The van der Waals surface area contributed by atoms with Crippen molar-refractivity contribution in [2.24, 2.45) is 0 Å². The van der Waals surface area contributed by atoms with Gasteiger partial charge in [0.2, 0.25) is 5.91 Å². The molecule has 6 nitrogen and oxygen atoms in total. The number of anilines is 1. The second-order valence-electron chi connectivity index (χ2n) is 4.79.